The molecule has 17 heavy (non-hydrogen) atoms. The quantitative estimate of drug-likeness (QED) is 0.848. The Labute approximate surface area is 101 Å². The standard InChI is InChI=1S/C14H16N2O/c1-10-8-12(11(2)17)9-15-14(10)16-13-6-4-3-5-7-13/h3-9,11,17H,1-2H3,(H,15,16)/t11-/m0/s1. The molecular weight excluding hydrogens is 212 g/mol. The molecule has 1 atom stereocenters. The van der Waals surface area contributed by atoms with Crippen molar-refractivity contribution in [2.45, 2.75) is 20.0 Å². The van der Waals surface area contributed by atoms with E-state index in [2.05, 4.69) is 10.3 Å². The van der Waals surface area contributed by atoms with Crippen LogP contribution in [0.2, 0.25) is 0 Å². The molecule has 2 aromatic rings. The maximum Gasteiger partial charge on any atom is 0.133 e. The fraction of sp³-hybridized carbons (Fsp3) is 0.214. The molecule has 1 heterocycles. The van der Waals surface area contributed by atoms with Crippen LogP contribution in [0.4, 0.5) is 11.5 Å². The van der Waals surface area contributed by atoms with Crippen LogP contribution in [0.15, 0.2) is 42.6 Å². The van der Waals surface area contributed by atoms with E-state index in [9.17, 15) is 5.11 Å². The van der Waals surface area contributed by atoms with Gasteiger partial charge in [0.15, 0.2) is 0 Å². The van der Waals surface area contributed by atoms with Gasteiger partial charge in [-0.3, -0.25) is 0 Å². The Morgan fingerprint density at radius 3 is 2.53 bits per heavy atom. The average molecular weight is 228 g/mol. The van der Waals surface area contributed by atoms with E-state index in [0.717, 1.165) is 22.6 Å². The van der Waals surface area contributed by atoms with E-state index < -0.39 is 6.10 Å². The molecule has 0 aliphatic rings. The fourth-order valence-corrected chi connectivity index (χ4v) is 1.61. The number of rotatable bonds is 3. The third-order valence-corrected chi connectivity index (χ3v) is 2.62. The molecule has 2 rings (SSSR count). The van der Waals surface area contributed by atoms with Crippen molar-refractivity contribution in [1.29, 1.82) is 0 Å². The lowest BCUT2D eigenvalue weighted by Crippen LogP contribution is -1.99. The van der Waals surface area contributed by atoms with Crippen molar-refractivity contribution in [3.8, 4) is 0 Å². The smallest absolute Gasteiger partial charge is 0.133 e. The first kappa shape index (κ1) is 11.6. The molecule has 0 bridgehead atoms. The van der Waals surface area contributed by atoms with Gasteiger partial charge in [0.25, 0.3) is 0 Å². The number of nitrogens with one attached hydrogen (secondary N) is 1. The molecule has 0 unspecified atom stereocenters. The number of aromatic nitrogens is 1. The first-order chi connectivity index (χ1) is 8.16. The maximum absolute atomic E-state index is 9.47. The number of hydrogen-bond donors (Lipinski definition) is 2. The highest BCUT2D eigenvalue weighted by molar-refractivity contribution is 5.59. The minimum atomic E-state index is -0.480. The topological polar surface area (TPSA) is 45.2 Å². The first-order valence-electron chi connectivity index (χ1n) is 5.63. The van der Waals surface area contributed by atoms with Crippen molar-refractivity contribution >= 4 is 11.5 Å². The van der Waals surface area contributed by atoms with Gasteiger partial charge in [-0.25, -0.2) is 4.98 Å². The lowest BCUT2D eigenvalue weighted by molar-refractivity contribution is 0.199. The first-order valence-corrected chi connectivity index (χ1v) is 5.63. The van der Waals surface area contributed by atoms with Crippen molar-refractivity contribution in [2.24, 2.45) is 0 Å². The van der Waals surface area contributed by atoms with Crippen LogP contribution in [0.1, 0.15) is 24.2 Å². The van der Waals surface area contributed by atoms with Gasteiger partial charge >= 0.3 is 0 Å². The second-order valence-corrected chi connectivity index (χ2v) is 4.10. The molecule has 88 valence electrons. The van der Waals surface area contributed by atoms with Gasteiger partial charge in [0.1, 0.15) is 5.82 Å². The predicted octanol–water partition coefficient (Wildman–Crippen LogP) is 3.19. The molecule has 2 N–H and O–H groups in total. The maximum atomic E-state index is 9.47. The van der Waals surface area contributed by atoms with E-state index in [0.29, 0.717) is 0 Å². The van der Waals surface area contributed by atoms with Crippen LogP contribution >= 0.6 is 0 Å². The second kappa shape index (κ2) is 4.97. The SMILES string of the molecule is Cc1cc([C@H](C)O)cnc1Nc1ccccc1. The monoisotopic (exact) mass is 228 g/mol. The van der Waals surface area contributed by atoms with Crippen LogP contribution in [0.5, 0.6) is 0 Å². The minimum Gasteiger partial charge on any atom is -0.389 e. The summed E-state index contributed by atoms with van der Waals surface area (Å²) in [5.41, 5.74) is 2.86. The number of hydrogen-bond acceptors (Lipinski definition) is 3. The third kappa shape index (κ3) is 2.82. The van der Waals surface area contributed by atoms with Gasteiger partial charge in [-0.2, -0.15) is 0 Å². The number of nitrogens with zero attached hydrogens (tertiary/aromatic N) is 1. The van der Waals surface area contributed by atoms with E-state index in [-0.39, 0.29) is 0 Å². The highest BCUT2D eigenvalue weighted by Crippen LogP contribution is 2.21. The number of aliphatic hydroxyl groups is 1. The molecule has 1 aromatic carbocycles. The zero-order chi connectivity index (χ0) is 12.3. The highest BCUT2D eigenvalue weighted by atomic mass is 16.3. The molecule has 0 saturated carbocycles. The van der Waals surface area contributed by atoms with Gasteiger partial charge < -0.3 is 10.4 Å². The van der Waals surface area contributed by atoms with Gasteiger partial charge in [0.05, 0.1) is 6.10 Å². The second-order valence-electron chi connectivity index (χ2n) is 4.10. The van der Waals surface area contributed by atoms with Crippen molar-refractivity contribution in [3.05, 3.63) is 53.7 Å². The minimum absolute atomic E-state index is 0.480. The van der Waals surface area contributed by atoms with Crippen molar-refractivity contribution in [2.75, 3.05) is 5.32 Å². The molecule has 1 aromatic heterocycles. The van der Waals surface area contributed by atoms with Crippen molar-refractivity contribution in [1.82, 2.24) is 4.98 Å². The summed E-state index contributed by atoms with van der Waals surface area (Å²) < 4.78 is 0. The van der Waals surface area contributed by atoms with Gasteiger partial charge in [0, 0.05) is 11.9 Å². The number of benzene rings is 1. The molecule has 0 aliphatic carbocycles. The van der Waals surface area contributed by atoms with Crippen LogP contribution in [-0.2, 0) is 0 Å². The normalized spacial score (nSPS) is 12.2. The number of para-hydroxylation sites is 1. The Morgan fingerprint density at radius 2 is 1.94 bits per heavy atom. The summed E-state index contributed by atoms with van der Waals surface area (Å²) in [6.07, 6.45) is 1.22. The molecule has 0 saturated heterocycles. The van der Waals surface area contributed by atoms with E-state index in [1.54, 1.807) is 13.1 Å². The largest absolute Gasteiger partial charge is 0.389 e. The fourth-order valence-electron chi connectivity index (χ4n) is 1.61. The predicted molar refractivity (Wildman–Crippen MR) is 69.3 cm³/mol. The van der Waals surface area contributed by atoms with E-state index >= 15 is 0 Å². The Balaban J connectivity index is 2.23. The zero-order valence-electron chi connectivity index (χ0n) is 10.0. The number of aliphatic hydroxyl groups excluding tert-OH is 1. The Hall–Kier alpha value is -1.87. The Bertz CT molecular complexity index is 495. The van der Waals surface area contributed by atoms with Crippen molar-refractivity contribution < 1.29 is 5.11 Å². The number of pyridine rings is 1. The Morgan fingerprint density at radius 1 is 1.24 bits per heavy atom. The lowest BCUT2D eigenvalue weighted by atomic mass is 10.1. The molecule has 0 amide bonds. The van der Waals surface area contributed by atoms with E-state index in [1.807, 2.05) is 43.3 Å². The summed E-state index contributed by atoms with van der Waals surface area (Å²) in [6.45, 7) is 3.71. The molecule has 3 nitrogen and oxygen atoms in total. The molecule has 0 radical (unpaired) electrons. The van der Waals surface area contributed by atoms with Crippen molar-refractivity contribution in [3.63, 3.8) is 0 Å². The molecule has 0 aliphatic heterocycles. The third-order valence-electron chi connectivity index (χ3n) is 2.62. The molecule has 0 spiro atoms. The number of aryl methyl sites for hydroxylation is 1. The van der Waals surface area contributed by atoms with Crippen LogP contribution in [0, 0.1) is 6.92 Å². The molecule has 3 heteroatoms. The average Bonchev–Trinajstić information content (AvgIpc) is 2.33. The van der Waals surface area contributed by atoms with Gasteiger partial charge in [-0.1, -0.05) is 18.2 Å². The van der Waals surface area contributed by atoms with Crippen LogP contribution in [0.3, 0.4) is 0 Å². The van der Waals surface area contributed by atoms with Gasteiger partial charge in [-0.05, 0) is 43.2 Å². The summed E-state index contributed by atoms with van der Waals surface area (Å²) in [6, 6.07) is 11.8. The highest BCUT2D eigenvalue weighted by Gasteiger charge is 2.05. The van der Waals surface area contributed by atoms with Gasteiger partial charge in [0.2, 0.25) is 0 Å². The van der Waals surface area contributed by atoms with E-state index in [1.165, 1.54) is 0 Å². The molecule has 0 fully saturated rings. The summed E-state index contributed by atoms with van der Waals surface area (Å²) in [7, 11) is 0. The van der Waals surface area contributed by atoms with E-state index in [4.69, 9.17) is 0 Å². The summed E-state index contributed by atoms with van der Waals surface area (Å²) in [5, 5.41) is 12.7. The van der Waals surface area contributed by atoms with Crippen LogP contribution in [0.25, 0.3) is 0 Å². The van der Waals surface area contributed by atoms with Gasteiger partial charge in [-0.15, -0.1) is 0 Å². The summed E-state index contributed by atoms with van der Waals surface area (Å²) in [4.78, 5) is 4.32. The lowest BCUT2D eigenvalue weighted by Gasteiger charge is -2.11. The number of anilines is 2. The van der Waals surface area contributed by atoms with Crippen LogP contribution in [-0.4, -0.2) is 10.1 Å². The summed E-state index contributed by atoms with van der Waals surface area (Å²) >= 11 is 0. The Kier molecular flexibility index (Phi) is 3.40. The van der Waals surface area contributed by atoms with Crippen LogP contribution < -0.4 is 5.32 Å². The zero-order valence-corrected chi connectivity index (χ0v) is 10.0. The molecular formula is C14H16N2O. The summed E-state index contributed by atoms with van der Waals surface area (Å²) in [5.74, 6) is 0.820.